The number of carbonyl (C=O) groups excluding carboxylic acids is 1. The van der Waals surface area contributed by atoms with Crippen molar-refractivity contribution in [3.63, 3.8) is 0 Å². The van der Waals surface area contributed by atoms with Crippen LogP contribution in [-0.4, -0.2) is 12.4 Å². The molecule has 0 aromatic heterocycles. The molecule has 1 aliphatic rings. The van der Waals surface area contributed by atoms with Crippen LogP contribution in [0.3, 0.4) is 0 Å². The van der Waals surface area contributed by atoms with Gasteiger partial charge in [-0.3, -0.25) is 4.79 Å². The molecule has 0 amide bonds. The van der Waals surface area contributed by atoms with Gasteiger partial charge in [0, 0.05) is 12.3 Å². The van der Waals surface area contributed by atoms with Crippen molar-refractivity contribution in [3.8, 4) is 5.75 Å². The lowest BCUT2D eigenvalue weighted by molar-refractivity contribution is -0.124. The van der Waals surface area contributed by atoms with Crippen LogP contribution in [0.1, 0.15) is 38.5 Å². The van der Waals surface area contributed by atoms with Gasteiger partial charge in [0.05, 0.1) is 6.61 Å². The number of ether oxygens (including phenoxy) is 1. The van der Waals surface area contributed by atoms with E-state index in [1.807, 2.05) is 0 Å². The smallest absolute Gasteiger partial charge is 0.139 e. The zero-order valence-corrected chi connectivity index (χ0v) is 10.5. The molecule has 0 spiro atoms. The van der Waals surface area contributed by atoms with E-state index in [2.05, 4.69) is 0 Å². The van der Waals surface area contributed by atoms with E-state index in [0.717, 1.165) is 12.8 Å². The Morgan fingerprint density at radius 3 is 2.50 bits per heavy atom. The van der Waals surface area contributed by atoms with Crippen LogP contribution < -0.4 is 4.74 Å². The zero-order valence-electron chi connectivity index (χ0n) is 10.5. The van der Waals surface area contributed by atoms with Crippen LogP contribution >= 0.6 is 0 Å². The molecule has 18 heavy (non-hydrogen) atoms. The molecule has 0 N–H and O–H groups in total. The molecule has 98 valence electrons. The van der Waals surface area contributed by atoms with Crippen LogP contribution in [0.5, 0.6) is 5.75 Å². The summed E-state index contributed by atoms with van der Waals surface area (Å²) in [4.78, 5) is 11.9. The molecule has 0 radical (unpaired) electrons. The number of rotatable bonds is 5. The molecule has 0 unspecified atom stereocenters. The summed E-state index contributed by atoms with van der Waals surface area (Å²) in [5.74, 6) is 0.904. The summed E-state index contributed by atoms with van der Waals surface area (Å²) in [6.07, 6.45) is 6.15. The Labute approximate surface area is 107 Å². The number of Topliss-reactive ketones (excluding diaryl/α,β-unsaturated/α-hetero) is 1. The summed E-state index contributed by atoms with van der Waals surface area (Å²) in [5, 5.41) is 0. The summed E-state index contributed by atoms with van der Waals surface area (Å²) < 4.78 is 18.1. The standard InChI is InChI=1S/C15H19FO2/c16-13-6-8-14(9-7-13)18-11-10-15(17)12-4-2-1-3-5-12/h6-9,12H,1-5,10-11H2. The molecular weight excluding hydrogens is 231 g/mol. The monoisotopic (exact) mass is 250 g/mol. The predicted molar refractivity (Wildman–Crippen MR) is 68.1 cm³/mol. The van der Waals surface area contributed by atoms with E-state index in [9.17, 15) is 9.18 Å². The van der Waals surface area contributed by atoms with Gasteiger partial charge in [-0.2, -0.15) is 0 Å². The lowest BCUT2D eigenvalue weighted by atomic mass is 9.85. The first-order valence-electron chi connectivity index (χ1n) is 6.67. The van der Waals surface area contributed by atoms with E-state index in [4.69, 9.17) is 4.74 Å². The van der Waals surface area contributed by atoms with Crippen molar-refractivity contribution in [2.45, 2.75) is 38.5 Å². The van der Waals surface area contributed by atoms with Gasteiger partial charge in [-0.05, 0) is 37.1 Å². The number of ketones is 1. The van der Waals surface area contributed by atoms with Crippen LogP contribution in [-0.2, 0) is 4.79 Å². The fourth-order valence-corrected chi connectivity index (χ4v) is 2.43. The maximum Gasteiger partial charge on any atom is 0.139 e. The molecule has 0 heterocycles. The van der Waals surface area contributed by atoms with Crippen LogP contribution in [0, 0.1) is 11.7 Å². The Balaban J connectivity index is 1.71. The molecule has 0 aliphatic heterocycles. The lowest BCUT2D eigenvalue weighted by Crippen LogP contribution is -2.19. The van der Waals surface area contributed by atoms with Gasteiger partial charge < -0.3 is 4.74 Å². The molecule has 1 saturated carbocycles. The SMILES string of the molecule is O=C(CCOc1ccc(F)cc1)C1CCCCC1. The Morgan fingerprint density at radius 1 is 1.17 bits per heavy atom. The molecule has 2 nitrogen and oxygen atoms in total. The summed E-state index contributed by atoms with van der Waals surface area (Å²) in [7, 11) is 0. The van der Waals surface area contributed by atoms with Crippen molar-refractivity contribution in [1.82, 2.24) is 0 Å². The number of hydrogen-bond donors (Lipinski definition) is 0. The third-order valence-electron chi connectivity index (χ3n) is 3.49. The quantitative estimate of drug-likeness (QED) is 0.795. The number of halogens is 1. The fraction of sp³-hybridized carbons (Fsp3) is 0.533. The second-order valence-electron chi connectivity index (χ2n) is 4.85. The molecule has 0 bridgehead atoms. The molecule has 1 fully saturated rings. The van der Waals surface area contributed by atoms with Crippen LogP contribution in [0.15, 0.2) is 24.3 Å². The van der Waals surface area contributed by atoms with E-state index in [1.54, 1.807) is 12.1 Å². The van der Waals surface area contributed by atoms with Crippen LogP contribution in [0.25, 0.3) is 0 Å². The normalized spacial score (nSPS) is 16.5. The highest BCUT2D eigenvalue weighted by molar-refractivity contribution is 5.81. The summed E-state index contributed by atoms with van der Waals surface area (Å²) in [5.41, 5.74) is 0. The predicted octanol–water partition coefficient (Wildman–Crippen LogP) is 3.74. The topological polar surface area (TPSA) is 26.3 Å². The first-order chi connectivity index (χ1) is 8.75. The minimum Gasteiger partial charge on any atom is -0.493 e. The van der Waals surface area contributed by atoms with Crippen molar-refractivity contribution in [2.75, 3.05) is 6.61 Å². The second kappa shape index (κ2) is 6.53. The van der Waals surface area contributed by atoms with Gasteiger partial charge in [-0.25, -0.2) is 4.39 Å². The largest absolute Gasteiger partial charge is 0.493 e. The molecule has 1 aromatic rings. The summed E-state index contributed by atoms with van der Waals surface area (Å²) in [6.45, 7) is 0.390. The molecule has 3 heteroatoms. The average Bonchev–Trinajstić information content (AvgIpc) is 2.42. The highest BCUT2D eigenvalue weighted by Crippen LogP contribution is 2.25. The number of carbonyl (C=O) groups is 1. The van der Waals surface area contributed by atoms with Gasteiger partial charge in [0.25, 0.3) is 0 Å². The Bertz CT molecular complexity index is 380. The van der Waals surface area contributed by atoms with Crippen molar-refractivity contribution in [3.05, 3.63) is 30.1 Å². The summed E-state index contributed by atoms with van der Waals surface area (Å²) >= 11 is 0. The van der Waals surface area contributed by atoms with Gasteiger partial charge in [-0.1, -0.05) is 19.3 Å². The van der Waals surface area contributed by atoms with Gasteiger partial charge in [-0.15, -0.1) is 0 Å². The Hall–Kier alpha value is -1.38. The molecule has 0 atom stereocenters. The third kappa shape index (κ3) is 3.83. The minimum atomic E-state index is -0.277. The molecule has 2 rings (SSSR count). The minimum absolute atomic E-state index is 0.246. The van der Waals surface area contributed by atoms with Gasteiger partial charge in [0.15, 0.2) is 0 Å². The highest BCUT2D eigenvalue weighted by Gasteiger charge is 2.20. The van der Waals surface area contributed by atoms with Crippen molar-refractivity contribution >= 4 is 5.78 Å². The fourth-order valence-electron chi connectivity index (χ4n) is 2.43. The Kier molecular flexibility index (Phi) is 4.73. The van der Waals surface area contributed by atoms with Crippen molar-refractivity contribution in [2.24, 2.45) is 5.92 Å². The van der Waals surface area contributed by atoms with Crippen LogP contribution in [0.4, 0.5) is 4.39 Å². The number of hydrogen-bond acceptors (Lipinski definition) is 2. The van der Waals surface area contributed by atoms with E-state index < -0.39 is 0 Å². The summed E-state index contributed by atoms with van der Waals surface area (Å²) in [6, 6.07) is 5.89. The first-order valence-corrected chi connectivity index (χ1v) is 6.67. The van der Waals surface area contributed by atoms with E-state index in [-0.39, 0.29) is 11.7 Å². The third-order valence-corrected chi connectivity index (χ3v) is 3.49. The van der Waals surface area contributed by atoms with E-state index in [1.165, 1.54) is 31.4 Å². The zero-order chi connectivity index (χ0) is 12.8. The van der Waals surface area contributed by atoms with Crippen molar-refractivity contribution < 1.29 is 13.9 Å². The highest BCUT2D eigenvalue weighted by atomic mass is 19.1. The molecule has 0 saturated heterocycles. The lowest BCUT2D eigenvalue weighted by Gasteiger charge is -2.20. The van der Waals surface area contributed by atoms with E-state index in [0.29, 0.717) is 24.6 Å². The molecule has 1 aromatic carbocycles. The Morgan fingerprint density at radius 2 is 1.83 bits per heavy atom. The van der Waals surface area contributed by atoms with Gasteiger partial charge in [0.2, 0.25) is 0 Å². The number of benzene rings is 1. The van der Waals surface area contributed by atoms with Gasteiger partial charge >= 0.3 is 0 Å². The van der Waals surface area contributed by atoms with Gasteiger partial charge in [0.1, 0.15) is 17.3 Å². The van der Waals surface area contributed by atoms with Crippen molar-refractivity contribution in [1.29, 1.82) is 0 Å². The van der Waals surface area contributed by atoms with Crippen LogP contribution in [0.2, 0.25) is 0 Å². The maximum atomic E-state index is 12.7. The van der Waals surface area contributed by atoms with E-state index >= 15 is 0 Å². The second-order valence-corrected chi connectivity index (χ2v) is 4.85. The molecule has 1 aliphatic carbocycles. The molecular formula is C15H19FO2. The maximum absolute atomic E-state index is 12.7. The average molecular weight is 250 g/mol. The first kappa shape index (κ1) is 13.1.